The van der Waals surface area contributed by atoms with Crippen molar-refractivity contribution in [1.82, 2.24) is 5.32 Å². The van der Waals surface area contributed by atoms with E-state index < -0.39 is 6.10 Å². The second kappa shape index (κ2) is 7.52. The van der Waals surface area contributed by atoms with Gasteiger partial charge in [0.15, 0.2) is 6.10 Å². The Balaban J connectivity index is 2.06. The lowest BCUT2D eigenvalue weighted by Crippen LogP contribution is -2.38. The number of aryl methyl sites for hydroxylation is 4. The van der Waals surface area contributed by atoms with Crippen LogP contribution in [0.3, 0.4) is 0 Å². The standard InChI is InChI=1S/C21H27NO2/c1-13-9-7-8-10-20(13)24-18(6)21(23)22-17(5)19-12-15(3)14(2)11-16(19)4/h7-12,17-18H,1-6H3,(H,22,23)/t17-,18+/m1/s1. The molecule has 3 nitrogen and oxygen atoms in total. The number of para-hydroxylation sites is 1. The third-order valence-electron chi connectivity index (χ3n) is 4.47. The Labute approximate surface area is 145 Å². The highest BCUT2D eigenvalue weighted by atomic mass is 16.5. The number of hydrogen-bond donors (Lipinski definition) is 1. The van der Waals surface area contributed by atoms with Crippen LogP contribution in [-0.4, -0.2) is 12.0 Å². The molecule has 2 aromatic carbocycles. The summed E-state index contributed by atoms with van der Waals surface area (Å²) in [6.07, 6.45) is -0.541. The van der Waals surface area contributed by atoms with Crippen molar-refractivity contribution >= 4 is 5.91 Å². The molecule has 0 saturated heterocycles. The molecule has 0 aliphatic heterocycles. The fourth-order valence-electron chi connectivity index (χ4n) is 2.79. The van der Waals surface area contributed by atoms with E-state index in [2.05, 4.69) is 38.2 Å². The van der Waals surface area contributed by atoms with Gasteiger partial charge in [-0.1, -0.05) is 30.3 Å². The van der Waals surface area contributed by atoms with Crippen LogP contribution < -0.4 is 10.1 Å². The SMILES string of the molecule is Cc1cc(C)c([C@@H](C)NC(=O)[C@H](C)Oc2ccccc2C)cc1C. The molecule has 0 heterocycles. The quantitative estimate of drug-likeness (QED) is 0.875. The Morgan fingerprint density at radius 1 is 0.917 bits per heavy atom. The van der Waals surface area contributed by atoms with Gasteiger partial charge in [-0.15, -0.1) is 0 Å². The van der Waals surface area contributed by atoms with Gasteiger partial charge in [0.05, 0.1) is 6.04 Å². The van der Waals surface area contributed by atoms with Crippen molar-refractivity contribution in [1.29, 1.82) is 0 Å². The van der Waals surface area contributed by atoms with Gasteiger partial charge >= 0.3 is 0 Å². The summed E-state index contributed by atoms with van der Waals surface area (Å²) in [6.45, 7) is 12.0. The third kappa shape index (κ3) is 4.16. The summed E-state index contributed by atoms with van der Waals surface area (Å²) in [6, 6.07) is 12.0. The predicted molar refractivity (Wildman–Crippen MR) is 98.5 cm³/mol. The summed E-state index contributed by atoms with van der Waals surface area (Å²) < 4.78 is 5.80. The summed E-state index contributed by atoms with van der Waals surface area (Å²) in [5.74, 6) is 0.638. The van der Waals surface area contributed by atoms with Gasteiger partial charge in [0.1, 0.15) is 5.75 Å². The first-order valence-electron chi connectivity index (χ1n) is 8.40. The van der Waals surface area contributed by atoms with Crippen molar-refractivity contribution in [3.8, 4) is 5.75 Å². The first-order valence-corrected chi connectivity index (χ1v) is 8.40. The number of amides is 1. The molecule has 128 valence electrons. The largest absolute Gasteiger partial charge is 0.481 e. The fourth-order valence-corrected chi connectivity index (χ4v) is 2.79. The zero-order valence-corrected chi connectivity index (χ0v) is 15.4. The van der Waals surface area contributed by atoms with Crippen LogP contribution in [0.25, 0.3) is 0 Å². The van der Waals surface area contributed by atoms with Gasteiger partial charge < -0.3 is 10.1 Å². The minimum atomic E-state index is -0.541. The average molecular weight is 325 g/mol. The molecular formula is C21H27NO2. The molecule has 1 amide bonds. The van der Waals surface area contributed by atoms with E-state index in [1.165, 1.54) is 16.7 Å². The fraction of sp³-hybridized carbons (Fsp3) is 0.381. The molecular weight excluding hydrogens is 298 g/mol. The van der Waals surface area contributed by atoms with Gasteiger partial charge in [-0.3, -0.25) is 4.79 Å². The van der Waals surface area contributed by atoms with Crippen molar-refractivity contribution in [2.45, 2.75) is 53.7 Å². The Hall–Kier alpha value is -2.29. The molecule has 0 radical (unpaired) electrons. The van der Waals surface area contributed by atoms with E-state index in [0.717, 1.165) is 16.9 Å². The third-order valence-corrected chi connectivity index (χ3v) is 4.47. The van der Waals surface area contributed by atoms with Crippen LogP contribution in [0, 0.1) is 27.7 Å². The monoisotopic (exact) mass is 325 g/mol. The van der Waals surface area contributed by atoms with E-state index in [1.54, 1.807) is 6.92 Å². The minimum Gasteiger partial charge on any atom is -0.481 e. The molecule has 24 heavy (non-hydrogen) atoms. The molecule has 0 bridgehead atoms. The molecule has 0 aromatic heterocycles. The number of ether oxygens (including phenoxy) is 1. The lowest BCUT2D eigenvalue weighted by molar-refractivity contribution is -0.127. The number of rotatable bonds is 5. The second-order valence-electron chi connectivity index (χ2n) is 6.55. The molecule has 0 aliphatic carbocycles. The van der Waals surface area contributed by atoms with E-state index in [1.807, 2.05) is 38.1 Å². The maximum absolute atomic E-state index is 12.5. The van der Waals surface area contributed by atoms with Crippen molar-refractivity contribution in [2.75, 3.05) is 0 Å². The lowest BCUT2D eigenvalue weighted by atomic mass is 9.96. The van der Waals surface area contributed by atoms with Crippen LogP contribution in [-0.2, 0) is 4.79 Å². The van der Waals surface area contributed by atoms with Gasteiger partial charge in [0.25, 0.3) is 5.91 Å². The molecule has 3 heteroatoms. The molecule has 2 rings (SSSR count). The van der Waals surface area contributed by atoms with E-state index >= 15 is 0 Å². The Morgan fingerprint density at radius 3 is 2.21 bits per heavy atom. The van der Waals surface area contributed by atoms with E-state index in [9.17, 15) is 4.79 Å². The van der Waals surface area contributed by atoms with Gasteiger partial charge in [-0.05, 0) is 75.4 Å². The number of nitrogens with one attached hydrogen (secondary N) is 1. The molecule has 0 spiro atoms. The van der Waals surface area contributed by atoms with Gasteiger partial charge in [-0.25, -0.2) is 0 Å². The van der Waals surface area contributed by atoms with Crippen molar-refractivity contribution in [3.05, 3.63) is 64.2 Å². The maximum Gasteiger partial charge on any atom is 0.261 e. The molecule has 2 atom stereocenters. The molecule has 2 aromatic rings. The van der Waals surface area contributed by atoms with E-state index in [4.69, 9.17) is 4.74 Å². The summed E-state index contributed by atoms with van der Waals surface area (Å²) in [5, 5.41) is 3.06. The van der Waals surface area contributed by atoms with E-state index in [-0.39, 0.29) is 11.9 Å². The van der Waals surface area contributed by atoms with Crippen LogP contribution in [0.15, 0.2) is 36.4 Å². The second-order valence-corrected chi connectivity index (χ2v) is 6.55. The van der Waals surface area contributed by atoms with Crippen molar-refractivity contribution in [2.24, 2.45) is 0 Å². The van der Waals surface area contributed by atoms with Gasteiger partial charge in [0.2, 0.25) is 0 Å². The summed E-state index contributed by atoms with van der Waals surface area (Å²) in [7, 11) is 0. The molecule has 0 fully saturated rings. The normalized spacial score (nSPS) is 13.2. The van der Waals surface area contributed by atoms with Crippen LogP contribution in [0.5, 0.6) is 5.75 Å². The summed E-state index contributed by atoms with van der Waals surface area (Å²) >= 11 is 0. The predicted octanol–water partition coefficient (Wildman–Crippen LogP) is 4.56. The highest BCUT2D eigenvalue weighted by molar-refractivity contribution is 5.81. The maximum atomic E-state index is 12.5. The van der Waals surface area contributed by atoms with Crippen LogP contribution in [0.1, 0.15) is 47.7 Å². The zero-order valence-electron chi connectivity index (χ0n) is 15.4. The molecule has 0 aliphatic rings. The van der Waals surface area contributed by atoms with Crippen molar-refractivity contribution < 1.29 is 9.53 Å². The average Bonchev–Trinajstić information content (AvgIpc) is 2.52. The number of hydrogen-bond acceptors (Lipinski definition) is 2. The Kier molecular flexibility index (Phi) is 5.66. The number of carbonyl (C=O) groups is 1. The minimum absolute atomic E-state index is 0.0558. The number of carbonyl (C=O) groups excluding carboxylic acids is 1. The van der Waals surface area contributed by atoms with E-state index in [0.29, 0.717) is 0 Å². The van der Waals surface area contributed by atoms with Gasteiger partial charge in [-0.2, -0.15) is 0 Å². The smallest absolute Gasteiger partial charge is 0.261 e. The first kappa shape index (κ1) is 18.1. The Bertz CT molecular complexity index is 737. The summed E-state index contributed by atoms with van der Waals surface area (Å²) in [5.41, 5.74) is 5.87. The highest BCUT2D eigenvalue weighted by Crippen LogP contribution is 2.22. The molecule has 1 N–H and O–H groups in total. The lowest BCUT2D eigenvalue weighted by Gasteiger charge is -2.21. The topological polar surface area (TPSA) is 38.3 Å². The first-order chi connectivity index (χ1) is 11.3. The van der Waals surface area contributed by atoms with Crippen LogP contribution in [0.4, 0.5) is 0 Å². The molecule has 0 unspecified atom stereocenters. The molecule has 0 saturated carbocycles. The van der Waals surface area contributed by atoms with Crippen LogP contribution in [0.2, 0.25) is 0 Å². The number of benzene rings is 2. The summed E-state index contributed by atoms with van der Waals surface area (Å²) in [4.78, 5) is 12.5. The van der Waals surface area contributed by atoms with Gasteiger partial charge in [0, 0.05) is 0 Å². The van der Waals surface area contributed by atoms with Crippen LogP contribution >= 0.6 is 0 Å². The highest BCUT2D eigenvalue weighted by Gasteiger charge is 2.19. The zero-order chi connectivity index (χ0) is 17.9. The van der Waals surface area contributed by atoms with Crippen molar-refractivity contribution in [3.63, 3.8) is 0 Å². The Morgan fingerprint density at radius 2 is 1.54 bits per heavy atom.